The lowest BCUT2D eigenvalue weighted by atomic mass is 9.86. The molecule has 1 amide bonds. The zero-order valence-electron chi connectivity index (χ0n) is 15.1. The van der Waals surface area contributed by atoms with Gasteiger partial charge in [0.05, 0.1) is 12.0 Å². The summed E-state index contributed by atoms with van der Waals surface area (Å²) in [6, 6.07) is 0.320. The topological polar surface area (TPSA) is 59.7 Å². The SMILES string of the molecule is CC(C)n1cnc(C(=O)N2CC3C(C2)C3C2=NOC(C)(C)[C@H]2C)c1. The number of amides is 1. The van der Waals surface area contributed by atoms with Crippen LogP contribution < -0.4 is 0 Å². The van der Waals surface area contributed by atoms with Crippen molar-refractivity contribution in [2.45, 2.75) is 46.3 Å². The van der Waals surface area contributed by atoms with Gasteiger partial charge in [-0.05, 0) is 39.5 Å². The van der Waals surface area contributed by atoms with E-state index in [0.29, 0.717) is 35.4 Å². The fourth-order valence-electron chi connectivity index (χ4n) is 4.06. The van der Waals surface area contributed by atoms with E-state index in [1.54, 1.807) is 6.33 Å². The number of likely N-dealkylation sites (tertiary alicyclic amines) is 1. The van der Waals surface area contributed by atoms with Gasteiger partial charge in [-0.3, -0.25) is 4.79 Å². The van der Waals surface area contributed by atoms with Crippen molar-refractivity contribution in [3.05, 3.63) is 18.2 Å². The first-order chi connectivity index (χ1) is 11.3. The molecule has 4 rings (SSSR count). The Morgan fingerprint density at radius 3 is 2.50 bits per heavy atom. The molecule has 24 heavy (non-hydrogen) atoms. The normalized spacial score (nSPS) is 33.4. The first-order valence-corrected chi connectivity index (χ1v) is 8.88. The van der Waals surface area contributed by atoms with Crippen molar-refractivity contribution in [2.24, 2.45) is 28.8 Å². The van der Waals surface area contributed by atoms with Gasteiger partial charge in [0.15, 0.2) is 0 Å². The van der Waals surface area contributed by atoms with Crippen LogP contribution in [0.2, 0.25) is 0 Å². The Labute approximate surface area is 142 Å². The van der Waals surface area contributed by atoms with E-state index < -0.39 is 0 Å². The second kappa shape index (κ2) is 5.07. The fraction of sp³-hybridized carbons (Fsp3) is 0.722. The number of oxime groups is 1. The number of aromatic nitrogens is 2. The molecule has 1 saturated heterocycles. The summed E-state index contributed by atoms with van der Waals surface area (Å²) in [4.78, 5) is 24.5. The van der Waals surface area contributed by atoms with Crippen LogP contribution in [0.5, 0.6) is 0 Å². The van der Waals surface area contributed by atoms with Gasteiger partial charge in [0.2, 0.25) is 0 Å². The van der Waals surface area contributed by atoms with E-state index in [4.69, 9.17) is 4.84 Å². The highest BCUT2D eigenvalue weighted by molar-refractivity contribution is 5.95. The summed E-state index contributed by atoms with van der Waals surface area (Å²) in [6.45, 7) is 12.2. The van der Waals surface area contributed by atoms with Gasteiger partial charge < -0.3 is 14.3 Å². The largest absolute Gasteiger partial charge is 0.389 e. The number of hydrogen-bond donors (Lipinski definition) is 0. The van der Waals surface area contributed by atoms with Gasteiger partial charge in [-0.2, -0.15) is 0 Å². The second-order valence-corrected chi connectivity index (χ2v) is 8.30. The molecule has 1 aromatic heterocycles. The zero-order valence-corrected chi connectivity index (χ0v) is 15.1. The molecule has 1 aromatic rings. The molecule has 6 heteroatoms. The van der Waals surface area contributed by atoms with Crippen molar-refractivity contribution in [3.8, 4) is 0 Å². The molecule has 0 spiro atoms. The molecule has 3 aliphatic rings. The van der Waals surface area contributed by atoms with E-state index in [0.717, 1.165) is 13.1 Å². The maximum absolute atomic E-state index is 12.6. The number of carbonyl (C=O) groups is 1. The van der Waals surface area contributed by atoms with Crippen molar-refractivity contribution in [1.82, 2.24) is 14.5 Å². The van der Waals surface area contributed by atoms with Gasteiger partial charge in [0, 0.05) is 37.2 Å². The lowest BCUT2D eigenvalue weighted by Crippen LogP contribution is -2.35. The van der Waals surface area contributed by atoms with Gasteiger partial charge in [0.25, 0.3) is 5.91 Å². The number of carbonyl (C=O) groups excluding carboxylic acids is 1. The first kappa shape index (κ1) is 15.7. The summed E-state index contributed by atoms with van der Waals surface area (Å²) in [5, 5.41) is 4.36. The molecule has 2 fully saturated rings. The molecule has 3 atom stereocenters. The Morgan fingerprint density at radius 2 is 2.00 bits per heavy atom. The number of piperidine rings is 1. The number of imidazole rings is 1. The molecule has 0 bridgehead atoms. The van der Waals surface area contributed by atoms with Crippen LogP contribution in [0.25, 0.3) is 0 Å². The van der Waals surface area contributed by atoms with Gasteiger partial charge in [-0.1, -0.05) is 12.1 Å². The summed E-state index contributed by atoms with van der Waals surface area (Å²) < 4.78 is 1.97. The molecule has 0 N–H and O–H groups in total. The molecule has 1 aliphatic carbocycles. The van der Waals surface area contributed by atoms with Crippen molar-refractivity contribution in [1.29, 1.82) is 0 Å². The van der Waals surface area contributed by atoms with Crippen LogP contribution in [0, 0.1) is 23.7 Å². The molecule has 2 aliphatic heterocycles. The second-order valence-electron chi connectivity index (χ2n) is 8.30. The molecule has 2 unspecified atom stereocenters. The van der Waals surface area contributed by atoms with E-state index >= 15 is 0 Å². The summed E-state index contributed by atoms with van der Waals surface area (Å²) >= 11 is 0. The first-order valence-electron chi connectivity index (χ1n) is 8.88. The Kier molecular flexibility index (Phi) is 3.31. The van der Waals surface area contributed by atoms with Crippen molar-refractivity contribution >= 4 is 11.6 Å². The van der Waals surface area contributed by atoms with E-state index in [1.165, 1.54) is 5.71 Å². The third-order valence-corrected chi connectivity index (χ3v) is 6.11. The van der Waals surface area contributed by atoms with E-state index in [2.05, 4.69) is 44.8 Å². The molecular weight excluding hydrogens is 304 g/mol. The number of fused-ring (bicyclic) bond motifs is 1. The maximum Gasteiger partial charge on any atom is 0.274 e. The smallest absolute Gasteiger partial charge is 0.274 e. The molecule has 1 saturated carbocycles. The van der Waals surface area contributed by atoms with Crippen LogP contribution in [0.3, 0.4) is 0 Å². The summed E-state index contributed by atoms with van der Waals surface area (Å²) in [7, 11) is 0. The quantitative estimate of drug-likeness (QED) is 0.856. The van der Waals surface area contributed by atoms with Gasteiger partial charge in [-0.25, -0.2) is 4.98 Å². The average Bonchev–Trinajstić information content (AvgIpc) is 2.97. The Bertz CT molecular complexity index is 694. The highest BCUT2D eigenvalue weighted by Crippen LogP contribution is 2.55. The average molecular weight is 330 g/mol. The lowest BCUT2D eigenvalue weighted by Gasteiger charge is -2.23. The number of nitrogens with zero attached hydrogens (tertiary/aromatic N) is 4. The third kappa shape index (κ3) is 2.26. The van der Waals surface area contributed by atoms with Gasteiger partial charge in [0.1, 0.15) is 11.3 Å². The van der Waals surface area contributed by atoms with Gasteiger partial charge in [-0.15, -0.1) is 0 Å². The molecule has 6 nitrogen and oxygen atoms in total. The lowest BCUT2D eigenvalue weighted by molar-refractivity contribution is -0.0103. The number of rotatable bonds is 3. The van der Waals surface area contributed by atoms with Crippen molar-refractivity contribution < 1.29 is 9.63 Å². The monoisotopic (exact) mass is 330 g/mol. The minimum atomic E-state index is -0.203. The van der Waals surface area contributed by atoms with Crippen LogP contribution in [0.1, 0.15) is 51.1 Å². The van der Waals surface area contributed by atoms with Crippen LogP contribution >= 0.6 is 0 Å². The highest BCUT2D eigenvalue weighted by atomic mass is 16.7. The molecule has 3 heterocycles. The van der Waals surface area contributed by atoms with E-state index in [1.807, 2.05) is 15.7 Å². The summed E-state index contributed by atoms with van der Waals surface area (Å²) in [5.74, 6) is 1.98. The Morgan fingerprint density at radius 1 is 1.33 bits per heavy atom. The van der Waals surface area contributed by atoms with Crippen molar-refractivity contribution in [2.75, 3.05) is 13.1 Å². The predicted molar refractivity (Wildman–Crippen MR) is 90.7 cm³/mol. The van der Waals surface area contributed by atoms with Crippen LogP contribution in [0.4, 0.5) is 0 Å². The third-order valence-electron chi connectivity index (χ3n) is 6.11. The standard InChI is InChI=1S/C18H26N4O2/c1-10(2)22-8-14(19-9-22)17(23)21-6-12-13(7-21)15(12)16-11(3)18(4,5)24-20-16/h8-13,15H,6-7H2,1-5H3/t11-,12?,13?,15?/m0/s1. The van der Waals surface area contributed by atoms with E-state index in [-0.39, 0.29) is 11.5 Å². The molecule has 0 aromatic carbocycles. The predicted octanol–water partition coefficient (Wildman–Crippen LogP) is 2.58. The van der Waals surface area contributed by atoms with Crippen LogP contribution in [-0.2, 0) is 4.84 Å². The minimum absolute atomic E-state index is 0.0540. The molecule has 0 radical (unpaired) electrons. The molecule has 130 valence electrons. The maximum atomic E-state index is 12.6. The fourth-order valence-corrected chi connectivity index (χ4v) is 4.06. The van der Waals surface area contributed by atoms with Crippen LogP contribution in [-0.4, -0.2) is 44.8 Å². The van der Waals surface area contributed by atoms with Crippen LogP contribution in [0.15, 0.2) is 17.7 Å². The Hall–Kier alpha value is -1.85. The summed E-state index contributed by atoms with van der Waals surface area (Å²) in [5.41, 5.74) is 1.55. The highest BCUT2D eigenvalue weighted by Gasteiger charge is 2.61. The molecular formula is C18H26N4O2. The zero-order chi connectivity index (χ0) is 17.2. The van der Waals surface area contributed by atoms with E-state index in [9.17, 15) is 4.79 Å². The van der Waals surface area contributed by atoms with Crippen molar-refractivity contribution in [3.63, 3.8) is 0 Å². The number of hydrogen-bond acceptors (Lipinski definition) is 4. The minimum Gasteiger partial charge on any atom is -0.389 e. The van der Waals surface area contributed by atoms with Gasteiger partial charge >= 0.3 is 0 Å². The Balaban J connectivity index is 1.39. The summed E-state index contributed by atoms with van der Waals surface area (Å²) in [6.07, 6.45) is 3.60.